The lowest BCUT2D eigenvalue weighted by Gasteiger charge is -2.18. The van der Waals surface area contributed by atoms with Gasteiger partial charge < -0.3 is 14.2 Å². The number of ether oxygens (including phenoxy) is 3. The van der Waals surface area contributed by atoms with Gasteiger partial charge in [-0.2, -0.15) is 0 Å². The van der Waals surface area contributed by atoms with Crippen molar-refractivity contribution in [3.05, 3.63) is 97.2 Å². The molecular formula is C65H110O6. The standard InChI is InChI=1S/C65H110O6/c1-4-7-10-13-16-19-22-25-28-31-32-35-37-40-43-46-49-52-55-58-64(67)70-61-62(71-65(68)59-56-53-50-47-44-41-38-34-30-27-24-21-18-15-12-9-6-3)60-69-63(66)57-54-51-48-45-42-39-36-33-29-26-23-20-17-14-11-8-5-2/h7,10,16,18-19,21,25-30,32,35,40,43,62H,4-6,8-9,11-15,17,20,22-24,31,33-34,36-39,41-42,44-61H2,1-3H3/b10-7-,19-16-,21-18-,28-25-,29-26-,30-27-,35-32-,43-40-. The lowest BCUT2D eigenvalue weighted by molar-refractivity contribution is -0.167. The van der Waals surface area contributed by atoms with E-state index in [0.29, 0.717) is 19.3 Å². The van der Waals surface area contributed by atoms with Crippen LogP contribution in [0.5, 0.6) is 0 Å². The van der Waals surface area contributed by atoms with Gasteiger partial charge in [-0.3, -0.25) is 14.4 Å². The first-order valence-corrected chi connectivity index (χ1v) is 29.7. The predicted octanol–water partition coefficient (Wildman–Crippen LogP) is 20.1. The van der Waals surface area contributed by atoms with Gasteiger partial charge in [-0.15, -0.1) is 0 Å². The highest BCUT2D eigenvalue weighted by molar-refractivity contribution is 5.71. The van der Waals surface area contributed by atoms with Gasteiger partial charge >= 0.3 is 17.9 Å². The van der Waals surface area contributed by atoms with Crippen LogP contribution in [0, 0.1) is 0 Å². The molecule has 406 valence electrons. The molecule has 1 atom stereocenters. The zero-order chi connectivity index (χ0) is 51.4. The number of rotatable bonds is 53. The Bertz CT molecular complexity index is 1410. The van der Waals surface area contributed by atoms with Gasteiger partial charge in [-0.25, -0.2) is 0 Å². The molecule has 0 aromatic heterocycles. The summed E-state index contributed by atoms with van der Waals surface area (Å²) >= 11 is 0. The summed E-state index contributed by atoms with van der Waals surface area (Å²) in [6, 6.07) is 0. The monoisotopic (exact) mass is 987 g/mol. The third kappa shape index (κ3) is 57.1. The summed E-state index contributed by atoms with van der Waals surface area (Å²) in [6.07, 6.45) is 78.2. The van der Waals surface area contributed by atoms with Crippen molar-refractivity contribution in [2.45, 2.75) is 284 Å². The molecular weight excluding hydrogens is 877 g/mol. The third-order valence-electron chi connectivity index (χ3n) is 12.5. The Morgan fingerprint density at radius 3 is 0.915 bits per heavy atom. The molecule has 0 aromatic rings. The predicted molar refractivity (Wildman–Crippen MR) is 307 cm³/mol. The minimum Gasteiger partial charge on any atom is -0.462 e. The first kappa shape index (κ1) is 67.3. The van der Waals surface area contributed by atoms with Gasteiger partial charge in [-0.05, 0) is 122 Å². The normalized spacial score (nSPS) is 12.8. The van der Waals surface area contributed by atoms with Crippen LogP contribution in [0.3, 0.4) is 0 Å². The first-order chi connectivity index (χ1) is 35.0. The Balaban J connectivity index is 4.47. The maximum atomic E-state index is 12.9. The van der Waals surface area contributed by atoms with Crippen LogP contribution in [0.2, 0.25) is 0 Å². The van der Waals surface area contributed by atoms with E-state index in [2.05, 4.69) is 118 Å². The zero-order valence-electron chi connectivity index (χ0n) is 46.5. The lowest BCUT2D eigenvalue weighted by atomic mass is 10.1. The molecule has 0 aliphatic rings. The van der Waals surface area contributed by atoms with Crippen LogP contribution in [0.1, 0.15) is 278 Å². The molecule has 0 radical (unpaired) electrons. The Morgan fingerprint density at radius 2 is 0.549 bits per heavy atom. The average Bonchev–Trinajstić information content (AvgIpc) is 3.37. The van der Waals surface area contributed by atoms with Gasteiger partial charge in [0.1, 0.15) is 13.2 Å². The molecule has 0 spiro atoms. The van der Waals surface area contributed by atoms with Crippen molar-refractivity contribution in [3.8, 4) is 0 Å². The Labute approximate surface area is 438 Å². The second-order valence-electron chi connectivity index (χ2n) is 19.5. The van der Waals surface area contributed by atoms with E-state index in [0.717, 1.165) is 109 Å². The van der Waals surface area contributed by atoms with Crippen LogP contribution in [0.4, 0.5) is 0 Å². The summed E-state index contributed by atoms with van der Waals surface area (Å²) in [4.78, 5) is 38.2. The number of esters is 3. The van der Waals surface area contributed by atoms with E-state index in [1.807, 2.05) is 0 Å². The molecule has 0 aromatic carbocycles. The summed E-state index contributed by atoms with van der Waals surface area (Å²) in [6.45, 7) is 6.47. The van der Waals surface area contributed by atoms with E-state index in [-0.39, 0.29) is 31.1 Å². The van der Waals surface area contributed by atoms with Crippen molar-refractivity contribution in [3.63, 3.8) is 0 Å². The van der Waals surface area contributed by atoms with Gasteiger partial charge in [0.15, 0.2) is 6.10 Å². The summed E-state index contributed by atoms with van der Waals surface area (Å²) in [7, 11) is 0. The van der Waals surface area contributed by atoms with E-state index < -0.39 is 6.10 Å². The highest BCUT2D eigenvalue weighted by atomic mass is 16.6. The minimum absolute atomic E-state index is 0.0938. The van der Waals surface area contributed by atoms with Crippen molar-refractivity contribution in [1.82, 2.24) is 0 Å². The van der Waals surface area contributed by atoms with Crippen LogP contribution in [-0.4, -0.2) is 37.2 Å². The molecule has 0 aliphatic carbocycles. The van der Waals surface area contributed by atoms with Crippen molar-refractivity contribution in [2.24, 2.45) is 0 Å². The molecule has 0 N–H and O–H groups in total. The highest BCUT2D eigenvalue weighted by Gasteiger charge is 2.19. The zero-order valence-corrected chi connectivity index (χ0v) is 46.5. The van der Waals surface area contributed by atoms with Crippen molar-refractivity contribution >= 4 is 17.9 Å². The van der Waals surface area contributed by atoms with Crippen molar-refractivity contribution in [1.29, 1.82) is 0 Å². The third-order valence-corrected chi connectivity index (χ3v) is 12.5. The number of hydrogen-bond acceptors (Lipinski definition) is 6. The first-order valence-electron chi connectivity index (χ1n) is 29.7. The molecule has 0 heterocycles. The van der Waals surface area contributed by atoms with E-state index in [9.17, 15) is 14.4 Å². The van der Waals surface area contributed by atoms with Gasteiger partial charge in [0.25, 0.3) is 0 Å². The lowest BCUT2D eigenvalue weighted by Crippen LogP contribution is -2.30. The fourth-order valence-corrected chi connectivity index (χ4v) is 8.08. The van der Waals surface area contributed by atoms with Crippen LogP contribution in [0.25, 0.3) is 0 Å². The van der Waals surface area contributed by atoms with Crippen LogP contribution in [-0.2, 0) is 28.6 Å². The Kier molecular flexibility index (Phi) is 55.9. The maximum absolute atomic E-state index is 12.9. The number of unbranched alkanes of at least 4 members (excludes halogenated alkanes) is 26. The maximum Gasteiger partial charge on any atom is 0.306 e. The molecule has 0 fully saturated rings. The molecule has 6 nitrogen and oxygen atoms in total. The average molecular weight is 988 g/mol. The molecule has 0 saturated carbocycles. The molecule has 0 amide bonds. The van der Waals surface area contributed by atoms with E-state index in [1.165, 1.54) is 128 Å². The van der Waals surface area contributed by atoms with Gasteiger partial charge in [-0.1, -0.05) is 234 Å². The largest absolute Gasteiger partial charge is 0.462 e. The van der Waals surface area contributed by atoms with Gasteiger partial charge in [0, 0.05) is 19.3 Å². The smallest absolute Gasteiger partial charge is 0.306 e. The molecule has 0 saturated heterocycles. The second-order valence-corrected chi connectivity index (χ2v) is 19.5. The molecule has 71 heavy (non-hydrogen) atoms. The summed E-state index contributed by atoms with van der Waals surface area (Å²) < 4.78 is 16.9. The fraction of sp³-hybridized carbons (Fsp3) is 0.708. The van der Waals surface area contributed by atoms with Crippen molar-refractivity contribution < 1.29 is 28.6 Å². The number of allylic oxidation sites excluding steroid dienone is 16. The van der Waals surface area contributed by atoms with Crippen LogP contribution >= 0.6 is 0 Å². The topological polar surface area (TPSA) is 78.9 Å². The second kappa shape index (κ2) is 58.9. The Hall–Kier alpha value is -3.67. The number of hydrogen-bond donors (Lipinski definition) is 0. The van der Waals surface area contributed by atoms with E-state index >= 15 is 0 Å². The Morgan fingerprint density at radius 1 is 0.296 bits per heavy atom. The molecule has 6 heteroatoms. The van der Waals surface area contributed by atoms with Crippen LogP contribution < -0.4 is 0 Å². The quantitative estimate of drug-likeness (QED) is 0.0261. The fourth-order valence-electron chi connectivity index (χ4n) is 8.08. The summed E-state index contributed by atoms with van der Waals surface area (Å²) in [5, 5.41) is 0. The molecule has 0 bridgehead atoms. The highest BCUT2D eigenvalue weighted by Crippen LogP contribution is 2.15. The SMILES string of the molecule is CC/C=C\C/C=C\C/C=C\C/C=C\C/C=C\CCCCCC(=O)OCC(COC(=O)CCCCCCCCC/C=C\CCCCCCCC)OC(=O)CCCCCCCCC/C=C\C/C=C\CCCCC. The van der Waals surface area contributed by atoms with Crippen molar-refractivity contribution in [2.75, 3.05) is 13.2 Å². The number of carbonyl (C=O) groups excluding carboxylic acids is 3. The van der Waals surface area contributed by atoms with E-state index in [1.54, 1.807) is 0 Å². The number of carbonyl (C=O) groups is 3. The van der Waals surface area contributed by atoms with E-state index in [4.69, 9.17) is 14.2 Å². The van der Waals surface area contributed by atoms with Gasteiger partial charge in [0.2, 0.25) is 0 Å². The van der Waals surface area contributed by atoms with Crippen LogP contribution in [0.15, 0.2) is 97.2 Å². The summed E-state index contributed by atoms with van der Waals surface area (Å²) in [5.41, 5.74) is 0. The molecule has 0 aliphatic heterocycles. The molecule has 1 unspecified atom stereocenters. The minimum atomic E-state index is -0.799. The van der Waals surface area contributed by atoms with Gasteiger partial charge in [0.05, 0.1) is 0 Å². The summed E-state index contributed by atoms with van der Waals surface area (Å²) in [5.74, 6) is -0.934. The molecule has 0 rings (SSSR count).